The fourth-order valence-electron chi connectivity index (χ4n) is 2.76. The maximum atomic E-state index is 6.31. The van der Waals surface area contributed by atoms with Gasteiger partial charge in [-0.1, -0.05) is 30.3 Å². The summed E-state index contributed by atoms with van der Waals surface area (Å²) >= 11 is 0. The minimum atomic E-state index is -2.71. The molecule has 1 aromatic carbocycles. The summed E-state index contributed by atoms with van der Waals surface area (Å²) in [5.41, 5.74) is 13.4. The second-order valence-corrected chi connectivity index (χ2v) is 8.42. The lowest BCUT2D eigenvalue weighted by Gasteiger charge is -2.33. The molecule has 0 amide bonds. The molecule has 6 heteroatoms. The molecular formula is C15H28N2O3Si. The average Bonchev–Trinajstić information content (AvgIpc) is 2.50. The van der Waals surface area contributed by atoms with E-state index >= 15 is 0 Å². The molecule has 21 heavy (non-hydrogen) atoms. The van der Waals surface area contributed by atoms with Crippen LogP contribution in [0.5, 0.6) is 0 Å². The van der Waals surface area contributed by atoms with Gasteiger partial charge in [-0.2, -0.15) is 0 Å². The first-order valence-corrected chi connectivity index (χ1v) is 9.07. The third kappa shape index (κ3) is 5.17. The van der Waals surface area contributed by atoms with Gasteiger partial charge in [0.05, 0.1) is 0 Å². The highest BCUT2D eigenvalue weighted by Gasteiger charge is 2.47. The Kier molecular flexibility index (Phi) is 8.09. The quantitative estimate of drug-likeness (QED) is 0.641. The normalized spacial score (nSPS) is 14.9. The average molecular weight is 312 g/mol. The molecule has 1 aromatic rings. The molecule has 0 aliphatic carbocycles. The van der Waals surface area contributed by atoms with Crippen LogP contribution in [0.4, 0.5) is 0 Å². The Bertz CT molecular complexity index is 380. The lowest BCUT2D eigenvalue weighted by Crippen LogP contribution is -2.50. The topological polar surface area (TPSA) is 79.7 Å². The summed E-state index contributed by atoms with van der Waals surface area (Å²) in [6.07, 6.45) is 2.38. The van der Waals surface area contributed by atoms with Crippen LogP contribution in [0.15, 0.2) is 30.3 Å². The van der Waals surface area contributed by atoms with E-state index in [0.29, 0.717) is 6.54 Å². The SMILES string of the molecule is CO[Si](OC)(OC)C(CCN)CC(N)Cc1ccccc1. The summed E-state index contributed by atoms with van der Waals surface area (Å²) in [6, 6.07) is 10.3. The molecule has 2 atom stereocenters. The molecule has 0 spiro atoms. The van der Waals surface area contributed by atoms with Crippen LogP contribution in [0.25, 0.3) is 0 Å². The van der Waals surface area contributed by atoms with E-state index in [2.05, 4.69) is 12.1 Å². The summed E-state index contributed by atoms with van der Waals surface area (Å²) in [4.78, 5) is 0. The van der Waals surface area contributed by atoms with Crippen LogP contribution in [-0.2, 0) is 19.7 Å². The van der Waals surface area contributed by atoms with E-state index < -0.39 is 8.80 Å². The van der Waals surface area contributed by atoms with Crippen LogP contribution in [0.1, 0.15) is 18.4 Å². The Labute approximate surface area is 128 Å². The Hall–Kier alpha value is -0.763. The highest BCUT2D eigenvalue weighted by atomic mass is 28.4. The molecule has 0 bridgehead atoms. The number of hydrogen-bond acceptors (Lipinski definition) is 5. The van der Waals surface area contributed by atoms with E-state index in [9.17, 15) is 0 Å². The van der Waals surface area contributed by atoms with Crippen molar-refractivity contribution in [2.75, 3.05) is 27.9 Å². The molecule has 0 radical (unpaired) electrons. The summed E-state index contributed by atoms with van der Waals surface area (Å²) in [6.45, 7) is 0.563. The summed E-state index contributed by atoms with van der Waals surface area (Å²) in [7, 11) is 2.18. The summed E-state index contributed by atoms with van der Waals surface area (Å²) < 4.78 is 16.8. The first-order valence-electron chi connectivity index (χ1n) is 7.26. The number of benzene rings is 1. The molecule has 0 aromatic heterocycles. The van der Waals surface area contributed by atoms with E-state index in [-0.39, 0.29) is 11.6 Å². The minimum Gasteiger partial charge on any atom is -0.377 e. The molecule has 0 saturated heterocycles. The zero-order valence-corrected chi connectivity index (χ0v) is 14.2. The van der Waals surface area contributed by atoms with Crippen molar-refractivity contribution in [2.45, 2.75) is 30.8 Å². The molecule has 0 heterocycles. The van der Waals surface area contributed by atoms with Crippen molar-refractivity contribution in [3.05, 3.63) is 35.9 Å². The maximum absolute atomic E-state index is 6.31. The largest absolute Gasteiger partial charge is 0.503 e. The van der Waals surface area contributed by atoms with Crippen LogP contribution in [0.3, 0.4) is 0 Å². The Morgan fingerprint density at radius 1 is 1.05 bits per heavy atom. The van der Waals surface area contributed by atoms with Crippen molar-refractivity contribution in [3.8, 4) is 0 Å². The van der Waals surface area contributed by atoms with Gasteiger partial charge in [0.2, 0.25) is 0 Å². The molecule has 0 saturated carbocycles. The first-order chi connectivity index (χ1) is 10.1. The summed E-state index contributed by atoms with van der Waals surface area (Å²) in [5.74, 6) is 0. The van der Waals surface area contributed by atoms with Gasteiger partial charge in [0.25, 0.3) is 0 Å². The third-order valence-corrected chi connectivity index (χ3v) is 7.03. The minimum absolute atomic E-state index is 0.0243. The van der Waals surface area contributed by atoms with Gasteiger partial charge >= 0.3 is 8.80 Å². The molecule has 0 aliphatic heterocycles. The van der Waals surface area contributed by atoms with Crippen molar-refractivity contribution in [3.63, 3.8) is 0 Å². The van der Waals surface area contributed by atoms with E-state index in [1.165, 1.54) is 5.56 Å². The molecule has 0 aliphatic rings. The number of rotatable bonds is 10. The van der Waals surface area contributed by atoms with Crippen molar-refractivity contribution >= 4 is 8.80 Å². The van der Waals surface area contributed by atoms with Crippen molar-refractivity contribution in [1.82, 2.24) is 0 Å². The zero-order valence-electron chi connectivity index (χ0n) is 13.2. The van der Waals surface area contributed by atoms with Gasteiger partial charge in [-0.15, -0.1) is 0 Å². The Morgan fingerprint density at radius 3 is 2.10 bits per heavy atom. The van der Waals surface area contributed by atoms with Crippen molar-refractivity contribution < 1.29 is 13.3 Å². The van der Waals surface area contributed by atoms with Crippen LogP contribution < -0.4 is 11.5 Å². The van der Waals surface area contributed by atoms with E-state index in [0.717, 1.165) is 19.3 Å². The number of nitrogens with two attached hydrogens (primary N) is 2. The third-order valence-electron chi connectivity index (χ3n) is 3.80. The Morgan fingerprint density at radius 2 is 1.62 bits per heavy atom. The van der Waals surface area contributed by atoms with Gasteiger partial charge in [0.1, 0.15) is 0 Å². The van der Waals surface area contributed by atoms with Crippen LogP contribution in [-0.4, -0.2) is 42.7 Å². The molecule has 0 fully saturated rings. The lowest BCUT2D eigenvalue weighted by molar-refractivity contribution is 0.107. The van der Waals surface area contributed by atoms with Gasteiger partial charge in [-0.25, -0.2) is 0 Å². The standard InChI is InChI=1S/C15H28N2O3Si/c1-18-21(19-2,20-3)15(9-10-16)12-14(17)11-13-7-5-4-6-8-13/h4-8,14-15H,9-12,16-17H2,1-3H3. The number of hydrogen-bond donors (Lipinski definition) is 2. The van der Waals surface area contributed by atoms with Crippen LogP contribution in [0, 0.1) is 0 Å². The monoisotopic (exact) mass is 312 g/mol. The summed E-state index contributed by atoms with van der Waals surface area (Å²) in [5, 5.41) is 0. The van der Waals surface area contributed by atoms with E-state index in [4.69, 9.17) is 24.7 Å². The van der Waals surface area contributed by atoms with E-state index in [1.54, 1.807) is 21.3 Å². The highest BCUT2D eigenvalue weighted by molar-refractivity contribution is 6.62. The van der Waals surface area contributed by atoms with Crippen molar-refractivity contribution in [1.29, 1.82) is 0 Å². The van der Waals surface area contributed by atoms with Gasteiger partial charge in [-0.3, -0.25) is 0 Å². The molecule has 1 rings (SSSR count). The molecule has 5 nitrogen and oxygen atoms in total. The van der Waals surface area contributed by atoms with Gasteiger partial charge in [0.15, 0.2) is 0 Å². The van der Waals surface area contributed by atoms with Crippen LogP contribution >= 0.6 is 0 Å². The lowest BCUT2D eigenvalue weighted by atomic mass is 10.0. The predicted octanol–water partition coefficient (Wildman–Crippen LogP) is 1.54. The molecular weight excluding hydrogens is 284 g/mol. The smallest absolute Gasteiger partial charge is 0.377 e. The van der Waals surface area contributed by atoms with Crippen molar-refractivity contribution in [2.24, 2.45) is 11.5 Å². The fraction of sp³-hybridized carbons (Fsp3) is 0.600. The van der Waals surface area contributed by atoms with Crippen LogP contribution in [0.2, 0.25) is 5.54 Å². The van der Waals surface area contributed by atoms with Gasteiger partial charge < -0.3 is 24.7 Å². The van der Waals surface area contributed by atoms with Gasteiger partial charge in [0, 0.05) is 32.9 Å². The predicted molar refractivity (Wildman–Crippen MR) is 86.9 cm³/mol. The fourth-order valence-corrected chi connectivity index (χ4v) is 5.37. The van der Waals surface area contributed by atoms with E-state index in [1.807, 2.05) is 18.2 Å². The Balaban J connectivity index is 2.73. The molecule has 120 valence electrons. The zero-order chi connectivity index (χ0) is 15.7. The second-order valence-electron chi connectivity index (χ2n) is 5.18. The molecule has 4 N–H and O–H groups in total. The second kappa shape index (κ2) is 9.29. The maximum Gasteiger partial charge on any atom is 0.503 e. The highest BCUT2D eigenvalue weighted by Crippen LogP contribution is 2.31. The van der Waals surface area contributed by atoms with Gasteiger partial charge in [-0.05, 0) is 31.4 Å². The first kappa shape index (κ1) is 18.3. The molecule has 2 unspecified atom stereocenters.